The molecule has 4 heteroatoms. The van der Waals surface area contributed by atoms with E-state index >= 15 is 0 Å². The monoisotopic (exact) mass is 323 g/mol. The Hall–Kier alpha value is -0.870. The molecule has 1 aromatic carbocycles. The van der Waals surface area contributed by atoms with Crippen molar-refractivity contribution in [1.29, 1.82) is 0 Å². The highest BCUT2D eigenvalue weighted by molar-refractivity contribution is 9.10. The van der Waals surface area contributed by atoms with E-state index in [4.69, 9.17) is 0 Å². The van der Waals surface area contributed by atoms with Crippen molar-refractivity contribution >= 4 is 21.8 Å². The molecular weight excluding hydrogens is 306 g/mol. The number of hydrogen-bond donors (Lipinski definition) is 2. The van der Waals surface area contributed by atoms with Crippen molar-refractivity contribution in [3.63, 3.8) is 0 Å². The summed E-state index contributed by atoms with van der Waals surface area (Å²) in [5.74, 6) is 0.253. The average Bonchev–Trinajstić information content (AvgIpc) is 3.00. The van der Waals surface area contributed by atoms with Gasteiger partial charge in [-0.3, -0.25) is 4.79 Å². The number of hydrogen-bond acceptors (Lipinski definition) is 2. The van der Waals surface area contributed by atoms with Gasteiger partial charge >= 0.3 is 0 Å². The van der Waals surface area contributed by atoms with Gasteiger partial charge in [0.2, 0.25) is 5.91 Å². The second kappa shape index (κ2) is 5.25. The summed E-state index contributed by atoms with van der Waals surface area (Å²) in [5, 5.41) is 12.8. The zero-order valence-corrected chi connectivity index (χ0v) is 12.3. The van der Waals surface area contributed by atoms with Crippen molar-refractivity contribution in [3.8, 4) is 0 Å². The highest BCUT2D eigenvalue weighted by Gasteiger charge is 2.42. The molecule has 3 rings (SSSR count). The number of amides is 1. The first-order valence-electron chi connectivity index (χ1n) is 6.89. The molecular formula is C15H18BrNO2. The van der Waals surface area contributed by atoms with Gasteiger partial charge in [-0.2, -0.15) is 0 Å². The smallest absolute Gasteiger partial charge is 0.225 e. The first kappa shape index (κ1) is 13.1. The van der Waals surface area contributed by atoms with Crippen molar-refractivity contribution in [3.05, 3.63) is 34.3 Å². The number of carbonyl (C=O) groups excluding carboxylic acids is 1. The lowest BCUT2D eigenvalue weighted by Crippen LogP contribution is -2.36. The molecule has 2 fully saturated rings. The Kier molecular flexibility index (Phi) is 3.63. The standard InChI is InChI=1S/C15H18BrNO2/c16-12-6-2-1-4-9(12)11-8-13(11)17-15(19)10-5-3-7-14(10)18/h1-2,4,6,10-11,13-14,18H,3,5,7-8H2,(H,17,19). The van der Waals surface area contributed by atoms with E-state index < -0.39 is 6.10 Å². The Morgan fingerprint density at radius 1 is 1.32 bits per heavy atom. The number of nitrogens with one attached hydrogen (secondary N) is 1. The van der Waals surface area contributed by atoms with Crippen LogP contribution in [0.3, 0.4) is 0 Å². The van der Waals surface area contributed by atoms with Crippen molar-refractivity contribution in [2.75, 3.05) is 0 Å². The van der Waals surface area contributed by atoms with Crippen LogP contribution in [0.4, 0.5) is 0 Å². The second-order valence-corrected chi connectivity index (χ2v) is 6.44. The number of aliphatic hydroxyl groups excluding tert-OH is 1. The molecule has 2 saturated carbocycles. The van der Waals surface area contributed by atoms with Crippen LogP contribution in [0, 0.1) is 5.92 Å². The third-order valence-corrected chi connectivity index (χ3v) is 4.96. The molecule has 19 heavy (non-hydrogen) atoms. The zero-order valence-electron chi connectivity index (χ0n) is 10.7. The average molecular weight is 324 g/mol. The van der Waals surface area contributed by atoms with Crippen molar-refractivity contribution in [2.24, 2.45) is 5.92 Å². The molecule has 2 aliphatic carbocycles. The Balaban J connectivity index is 1.59. The van der Waals surface area contributed by atoms with Gasteiger partial charge in [-0.1, -0.05) is 34.1 Å². The third-order valence-electron chi connectivity index (χ3n) is 4.24. The topological polar surface area (TPSA) is 49.3 Å². The van der Waals surface area contributed by atoms with Crippen molar-refractivity contribution in [2.45, 2.75) is 43.7 Å². The molecule has 0 saturated heterocycles. The fraction of sp³-hybridized carbons (Fsp3) is 0.533. The Morgan fingerprint density at radius 3 is 2.79 bits per heavy atom. The lowest BCUT2D eigenvalue weighted by atomic mass is 10.1. The number of halogens is 1. The number of benzene rings is 1. The lowest BCUT2D eigenvalue weighted by molar-refractivity contribution is -0.127. The summed E-state index contributed by atoms with van der Waals surface area (Å²) in [6.45, 7) is 0. The molecule has 0 heterocycles. The number of aliphatic hydroxyl groups is 1. The summed E-state index contributed by atoms with van der Waals surface area (Å²) < 4.78 is 1.11. The van der Waals surface area contributed by atoms with Gasteiger partial charge in [0.05, 0.1) is 12.0 Å². The Morgan fingerprint density at radius 2 is 2.11 bits per heavy atom. The van der Waals surface area contributed by atoms with Crippen LogP contribution in [0.15, 0.2) is 28.7 Å². The molecule has 0 aromatic heterocycles. The summed E-state index contributed by atoms with van der Waals surface area (Å²) in [6, 6.07) is 8.40. The van der Waals surface area contributed by atoms with Gasteiger partial charge in [0, 0.05) is 16.4 Å². The third kappa shape index (κ3) is 2.70. The molecule has 0 radical (unpaired) electrons. The van der Waals surface area contributed by atoms with Gasteiger partial charge in [-0.25, -0.2) is 0 Å². The predicted octanol–water partition coefficient (Wildman–Crippen LogP) is 2.58. The van der Waals surface area contributed by atoms with E-state index in [0.29, 0.717) is 5.92 Å². The minimum Gasteiger partial charge on any atom is -0.392 e. The summed E-state index contributed by atoms with van der Waals surface area (Å²) in [4.78, 5) is 12.1. The molecule has 1 aromatic rings. The van der Waals surface area contributed by atoms with Gasteiger partial charge in [0.25, 0.3) is 0 Å². The lowest BCUT2D eigenvalue weighted by Gasteiger charge is -2.14. The SMILES string of the molecule is O=C(NC1CC1c1ccccc1Br)C1CCCC1O. The second-order valence-electron chi connectivity index (χ2n) is 5.58. The van der Waals surface area contributed by atoms with Crippen LogP contribution < -0.4 is 5.32 Å². The van der Waals surface area contributed by atoms with Crippen LogP contribution in [0.1, 0.15) is 37.2 Å². The van der Waals surface area contributed by atoms with Crippen LogP contribution >= 0.6 is 15.9 Å². The van der Waals surface area contributed by atoms with Crippen molar-refractivity contribution in [1.82, 2.24) is 5.32 Å². The molecule has 102 valence electrons. The van der Waals surface area contributed by atoms with Crippen molar-refractivity contribution < 1.29 is 9.90 Å². The summed E-state index contributed by atoms with van der Waals surface area (Å²) in [7, 11) is 0. The largest absolute Gasteiger partial charge is 0.392 e. The van der Waals surface area contributed by atoms with E-state index in [2.05, 4.69) is 27.3 Å². The highest BCUT2D eigenvalue weighted by Crippen LogP contribution is 2.44. The summed E-state index contributed by atoms with van der Waals surface area (Å²) in [5.41, 5.74) is 1.26. The quantitative estimate of drug-likeness (QED) is 0.898. The minimum atomic E-state index is -0.444. The number of carbonyl (C=O) groups is 1. The van der Waals surface area contributed by atoms with Crippen LogP contribution in [-0.2, 0) is 4.79 Å². The molecule has 2 aliphatic rings. The normalized spacial score (nSPS) is 33.2. The highest BCUT2D eigenvalue weighted by atomic mass is 79.9. The zero-order chi connectivity index (χ0) is 13.4. The molecule has 2 N–H and O–H groups in total. The molecule has 0 spiro atoms. The van der Waals surface area contributed by atoms with E-state index in [-0.39, 0.29) is 17.9 Å². The van der Waals surface area contributed by atoms with E-state index in [0.717, 1.165) is 30.2 Å². The van der Waals surface area contributed by atoms with E-state index in [1.807, 2.05) is 18.2 Å². The first-order chi connectivity index (χ1) is 9.16. The maximum absolute atomic E-state index is 12.1. The maximum Gasteiger partial charge on any atom is 0.225 e. The fourth-order valence-electron chi connectivity index (χ4n) is 3.01. The van der Waals surface area contributed by atoms with Crippen LogP contribution in [0.25, 0.3) is 0 Å². The van der Waals surface area contributed by atoms with Crippen LogP contribution in [-0.4, -0.2) is 23.2 Å². The molecule has 0 aliphatic heterocycles. The van der Waals surface area contributed by atoms with E-state index in [1.54, 1.807) is 0 Å². The van der Waals surface area contributed by atoms with E-state index in [9.17, 15) is 9.90 Å². The summed E-state index contributed by atoms with van der Waals surface area (Å²) in [6.07, 6.45) is 3.09. The van der Waals surface area contributed by atoms with Gasteiger partial charge in [0.15, 0.2) is 0 Å². The Bertz CT molecular complexity index is 491. The minimum absolute atomic E-state index is 0.0320. The first-order valence-corrected chi connectivity index (χ1v) is 7.69. The van der Waals surface area contributed by atoms with Gasteiger partial charge in [-0.05, 0) is 37.3 Å². The van der Waals surface area contributed by atoms with Gasteiger partial charge < -0.3 is 10.4 Å². The van der Waals surface area contributed by atoms with Crippen LogP contribution in [0.2, 0.25) is 0 Å². The molecule has 0 bridgehead atoms. The Labute approximate surface area is 121 Å². The summed E-state index contributed by atoms with van der Waals surface area (Å²) >= 11 is 3.55. The number of rotatable bonds is 3. The fourth-order valence-corrected chi connectivity index (χ4v) is 3.59. The molecule has 1 amide bonds. The van der Waals surface area contributed by atoms with Gasteiger partial charge in [-0.15, -0.1) is 0 Å². The van der Waals surface area contributed by atoms with Gasteiger partial charge in [0.1, 0.15) is 0 Å². The van der Waals surface area contributed by atoms with E-state index in [1.165, 1.54) is 5.56 Å². The maximum atomic E-state index is 12.1. The molecule has 4 unspecified atom stereocenters. The molecule has 3 nitrogen and oxygen atoms in total. The predicted molar refractivity (Wildman–Crippen MR) is 76.8 cm³/mol. The van der Waals surface area contributed by atoms with Crippen LogP contribution in [0.5, 0.6) is 0 Å². The molecule has 4 atom stereocenters.